The van der Waals surface area contributed by atoms with Crippen molar-refractivity contribution < 1.29 is 4.42 Å². The van der Waals surface area contributed by atoms with Crippen LogP contribution in [0.25, 0.3) is 6.08 Å². The van der Waals surface area contributed by atoms with Crippen LogP contribution in [0.15, 0.2) is 9.99 Å². The van der Waals surface area contributed by atoms with Crippen molar-refractivity contribution in [3.63, 3.8) is 0 Å². The highest BCUT2D eigenvalue weighted by Gasteiger charge is 1.95. The van der Waals surface area contributed by atoms with Gasteiger partial charge >= 0.3 is 0 Å². The molecule has 0 bridgehead atoms. The van der Waals surface area contributed by atoms with Gasteiger partial charge in [-0.1, -0.05) is 5.57 Å². The van der Waals surface area contributed by atoms with Gasteiger partial charge in [-0.3, -0.25) is 0 Å². The molecule has 0 amide bonds. The molecule has 3 nitrogen and oxygen atoms in total. The lowest BCUT2D eigenvalue weighted by atomic mass is 10.3. The number of nitrogens with zero attached hydrogens (tertiary/aromatic N) is 2. The highest BCUT2D eigenvalue weighted by atomic mass is 16.4. The monoisotopic (exact) mass is 138 g/mol. The summed E-state index contributed by atoms with van der Waals surface area (Å²) in [6.45, 7) is 5.74. The molecule has 0 spiro atoms. The zero-order valence-electron chi connectivity index (χ0n) is 6.38. The maximum absolute atomic E-state index is 5.10. The van der Waals surface area contributed by atoms with Gasteiger partial charge < -0.3 is 4.42 Å². The fourth-order valence-electron chi connectivity index (χ4n) is 0.617. The normalized spacial score (nSPS) is 9.50. The van der Waals surface area contributed by atoms with Crippen molar-refractivity contribution >= 4 is 6.08 Å². The molecule has 1 heterocycles. The van der Waals surface area contributed by atoms with E-state index in [-0.39, 0.29) is 0 Å². The molecule has 0 aliphatic heterocycles. The van der Waals surface area contributed by atoms with Crippen LogP contribution in [0.4, 0.5) is 0 Å². The van der Waals surface area contributed by atoms with Crippen LogP contribution in [-0.4, -0.2) is 10.2 Å². The minimum Gasteiger partial charge on any atom is -0.422 e. The molecule has 1 rings (SSSR count). The first-order valence-corrected chi connectivity index (χ1v) is 3.13. The van der Waals surface area contributed by atoms with Crippen LogP contribution >= 0.6 is 0 Å². The zero-order valence-corrected chi connectivity index (χ0v) is 6.38. The standard InChI is InChI=1S/C7H10N2O/c1-5(2)4-7-9-8-6(3)10-7/h4H,1-3H3. The number of aryl methyl sites for hydroxylation is 1. The predicted octanol–water partition coefficient (Wildman–Crippen LogP) is 1.80. The summed E-state index contributed by atoms with van der Waals surface area (Å²) in [7, 11) is 0. The third-order valence-corrected chi connectivity index (χ3v) is 0.954. The molecule has 3 heteroatoms. The Labute approximate surface area is 59.8 Å². The molecule has 1 aromatic rings. The molecule has 0 N–H and O–H groups in total. The minimum atomic E-state index is 0.581. The van der Waals surface area contributed by atoms with Crippen LogP contribution in [0.2, 0.25) is 0 Å². The Bertz CT molecular complexity index is 246. The van der Waals surface area contributed by atoms with Crippen molar-refractivity contribution in [1.82, 2.24) is 10.2 Å². The number of aromatic nitrogens is 2. The molecule has 54 valence electrons. The fraction of sp³-hybridized carbons (Fsp3) is 0.429. The smallest absolute Gasteiger partial charge is 0.240 e. The Morgan fingerprint density at radius 3 is 2.50 bits per heavy atom. The molecule has 0 saturated heterocycles. The number of hydrogen-bond donors (Lipinski definition) is 0. The van der Waals surface area contributed by atoms with Gasteiger partial charge in [0.2, 0.25) is 11.8 Å². The average molecular weight is 138 g/mol. The Morgan fingerprint density at radius 1 is 1.40 bits per heavy atom. The summed E-state index contributed by atoms with van der Waals surface area (Å²) >= 11 is 0. The fourth-order valence-corrected chi connectivity index (χ4v) is 0.617. The van der Waals surface area contributed by atoms with Crippen molar-refractivity contribution in [3.05, 3.63) is 17.4 Å². The van der Waals surface area contributed by atoms with Crippen molar-refractivity contribution in [3.8, 4) is 0 Å². The summed E-state index contributed by atoms with van der Waals surface area (Å²) in [5.74, 6) is 1.19. The highest BCUT2D eigenvalue weighted by Crippen LogP contribution is 2.03. The number of rotatable bonds is 1. The molecule has 1 aromatic heterocycles. The van der Waals surface area contributed by atoms with Gasteiger partial charge in [-0.15, -0.1) is 10.2 Å². The summed E-state index contributed by atoms with van der Waals surface area (Å²) in [5, 5.41) is 7.47. The predicted molar refractivity (Wildman–Crippen MR) is 38.4 cm³/mol. The van der Waals surface area contributed by atoms with E-state index < -0.39 is 0 Å². The lowest BCUT2D eigenvalue weighted by molar-refractivity contribution is 0.509. The molecule has 0 radical (unpaired) electrons. The lowest BCUT2D eigenvalue weighted by Gasteiger charge is -1.82. The topological polar surface area (TPSA) is 38.9 Å². The molecule has 0 aliphatic carbocycles. The van der Waals surface area contributed by atoms with Crippen molar-refractivity contribution in [1.29, 1.82) is 0 Å². The SMILES string of the molecule is CC(C)=Cc1nnc(C)o1. The Hall–Kier alpha value is -1.12. The first-order chi connectivity index (χ1) is 4.68. The minimum absolute atomic E-state index is 0.581. The Kier molecular flexibility index (Phi) is 1.85. The maximum Gasteiger partial charge on any atom is 0.240 e. The van der Waals surface area contributed by atoms with E-state index in [1.165, 1.54) is 0 Å². The summed E-state index contributed by atoms with van der Waals surface area (Å²) in [6.07, 6.45) is 1.85. The van der Waals surface area contributed by atoms with Gasteiger partial charge in [0.1, 0.15) is 0 Å². The van der Waals surface area contributed by atoms with Gasteiger partial charge in [0.05, 0.1) is 0 Å². The molecule has 0 aliphatic rings. The second-order valence-corrected chi connectivity index (χ2v) is 2.38. The molecule has 0 atom stereocenters. The summed E-state index contributed by atoms with van der Waals surface area (Å²) in [5.41, 5.74) is 1.16. The van der Waals surface area contributed by atoms with Crippen molar-refractivity contribution in [2.24, 2.45) is 0 Å². The summed E-state index contributed by atoms with van der Waals surface area (Å²) in [4.78, 5) is 0. The zero-order chi connectivity index (χ0) is 7.56. The second kappa shape index (κ2) is 2.64. The van der Waals surface area contributed by atoms with E-state index in [4.69, 9.17) is 4.42 Å². The Balaban J connectivity index is 2.86. The van der Waals surface area contributed by atoms with E-state index in [2.05, 4.69) is 10.2 Å². The van der Waals surface area contributed by atoms with Crippen molar-refractivity contribution in [2.75, 3.05) is 0 Å². The largest absolute Gasteiger partial charge is 0.422 e. The lowest BCUT2D eigenvalue weighted by Crippen LogP contribution is -1.71. The van der Waals surface area contributed by atoms with Gasteiger partial charge in [0, 0.05) is 13.0 Å². The highest BCUT2D eigenvalue weighted by molar-refractivity contribution is 5.40. The van der Waals surface area contributed by atoms with Gasteiger partial charge in [0.25, 0.3) is 0 Å². The van der Waals surface area contributed by atoms with Crippen LogP contribution < -0.4 is 0 Å². The summed E-state index contributed by atoms with van der Waals surface area (Å²) in [6, 6.07) is 0. The molecule has 0 fully saturated rings. The first-order valence-electron chi connectivity index (χ1n) is 3.13. The van der Waals surface area contributed by atoms with Crippen LogP contribution in [0.3, 0.4) is 0 Å². The van der Waals surface area contributed by atoms with Crippen LogP contribution in [0, 0.1) is 6.92 Å². The third kappa shape index (κ3) is 1.69. The molecular formula is C7H10N2O. The van der Waals surface area contributed by atoms with Gasteiger partial charge in [-0.2, -0.15) is 0 Å². The van der Waals surface area contributed by atoms with E-state index >= 15 is 0 Å². The van der Waals surface area contributed by atoms with Crippen LogP contribution in [0.5, 0.6) is 0 Å². The molecule has 0 aromatic carbocycles. The van der Waals surface area contributed by atoms with Crippen LogP contribution in [0.1, 0.15) is 25.6 Å². The third-order valence-electron chi connectivity index (χ3n) is 0.954. The van der Waals surface area contributed by atoms with Gasteiger partial charge in [0.15, 0.2) is 0 Å². The maximum atomic E-state index is 5.10. The molecule has 0 unspecified atom stereocenters. The van der Waals surface area contributed by atoms with Gasteiger partial charge in [-0.25, -0.2) is 0 Å². The van der Waals surface area contributed by atoms with Gasteiger partial charge in [-0.05, 0) is 13.8 Å². The first kappa shape index (κ1) is 6.99. The molecule has 10 heavy (non-hydrogen) atoms. The van der Waals surface area contributed by atoms with E-state index in [1.807, 2.05) is 19.9 Å². The molecule has 0 saturated carbocycles. The number of allylic oxidation sites excluding steroid dienone is 1. The summed E-state index contributed by atoms with van der Waals surface area (Å²) < 4.78 is 5.10. The second-order valence-electron chi connectivity index (χ2n) is 2.38. The van der Waals surface area contributed by atoms with E-state index in [9.17, 15) is 0 Å². The van der Waals surface area contributed by atoms with E-state index in [0.717, 1.165) is 5.57 Å². The quantitative estimate of drug-likeness (QED) is 0.594. The average Bonchev–Trinajstić information content (AvgIpc) is 2.13. The van der Waals surface area contributed by atoms with Crippen molar-refractivity contribution in [2.45, 2.75) is 20.8 Å². The Morgan fingerprint density at radius 2 is 2.10 bits per heavy atom. The van der Waals surface area contributed by atoms with E-state index in [1.54, 1.807) is 6.92 Å². The number of hydrogen-bond acceptors (Lipinski definition) is 3. The van der Waals surface area contributed by atoms with Crippen LogP contribution in [-0.2, 0) is 0 Å². The molecular weight excluding hydrogens is 128 g/mol. The van der Waals surface area contributed by atoms with E-state index in [0.29, 0.717) is 11.8 Å².